The number of carbonyl (C=O) groups excluding carboxylic acids is 4. The molecule has 0 bridgehead atoms. The number of aromatic nitrogens is 1. The third kappa shape index (κ3) is 6.73. The Kier molecular flexibility index (Phi) is 9.04. The number of aromatic amines is 1. The number of para-hydroxylation sites is 1. The third-order valence-electron chi connectivity index (χ3n) is 9.76. The fourth-order valence-corrected chi connectivity index (χ4v) is 7.82. The van der Waals surface area contributed by atoms with Crippen molar-refractivity contribution in [3.8, 4) is 0 Å². The van der Waals surface area contributed by atoms with E-state index in [4.69, 9.17) is 0 Å². The molecule has 13 nitrogen and oxygen atoms in total. The molecule has 3 fully saturated rings. The molecule has 2 aliphatic heterocycles. The summed E-state index contributed by atoms with van der Waals surface area (Å²) in [5.41, 5.74) is -1.57. The fraction of sp³-hybridized carbons (Fsp3) is 0.613. The number of nitrogens with one attached hydrogen (secondary N) is 4. The summed E-state index contributed by atoms with van der Waals surface area (Å²) in [7, 11) is -4.99. The van der Waals surface area contributed by atoms with Crippen LogP contribution in [0.25, 0.3) is 10.9 Å². The molecule has 6 N–H and O–H groups in total. The smallest absolute Gasteiger partial charge is 0.294 e. The van der Waals surface area contributed by atoms with Crippen molar-refractivity contribution >= 4 is 44.6 Å². The molecule has 1 aliphatic carbocycles. The number of amides is 4. The van der Waals surface area contributed by atoms with Gasteiger partial charge in [-0.05, 0) is 61.0 Å². The van der Waals surface area contributed by atoms with Gasteiger partial charge in [-0.25, -0.2) is 0 Å². The van der Waals surface area contributed by atoms with Crippen LogP contribution in [0.3, 0.4) is 0 Å². The summed E-state index contributed by atoms with van der Waals surface area (Å²) in [5, 5.41) is 19.5. The number of benzene rings is 1. The van der Waals surface area contributed by atoms with E-state index in [0.29, 0.717) is 31.5 Å². The average molecular weight is 646 g/mol. The molecule has 0 spiro atoms. The van der Waals surface area contributed by atoms with E-state index in [-0.39, 0.29) is 42.0 Å². The number of likely N-dealkylation sites (tertiary alicyclic amines) is 1. The first-order valence-electron chi connectivity index (χ1n) is 15.5. The highest BCUT2D eigenvalue weighted by atomic mass is 32.2. The number of hydrogen-bond donors (Lipinski definition) is 6. The Balaban J connectivity index is 1.38. The van der Waals surface area contributed by atoms with Gasteiger partial charge in [-0.15, -0.1) is 0 Å². The Morgan fingerprint density at radius 2 is 1.87 bits per heavy atom. The van der Waals surface area contributed by atoms with Crippen molar-refractivity contribution in [2.24, 2.45) is 29.1 Å². The van der Waals surface area contributed by atoms with Crippen molar-refractivity contribution in [2.75, 3.05) is 13.1 Å². The Hall–Kier alpha value is -3.49. The maximum Gasteiger partial charge on any atom is 0.294 e. The van der Waals surface area contributed by atoms with E-state index >= 15 is 0 Å². The highest BCUT2D eigenvalue weighted by Gasteiger charge is 2.69. The van der Waals surface area contributed by atoms with E-state index in [0.717, 1.165) is 10.9 Å². The second-order valence-corrected chi connectivity index (χ2v) is 15.2. The summed E-state index contributed by atoms with van der Waals surface area (Å²) in [6, 6.07) is 5.69. The molecule has 3 aliphatic rings. The second-order valence-electron chi connectivity index (χ2n) is 13.7. The molecule has 45 heavy (non-hydrogen) atoms. The number of aliphatic hydroxyl groups is 1. The predicted molar refractivity (Wildman–Crippen MR) is 165 cm³/mol. The van der Waals surface area contributed by atoms with Crippen LogP contribution in [-0.4, -0.2) is 88.2 Å². The zero-order valence-corrected chi connectivity index (χ0v) is 26.8. The molecule has 246 valence electrons. The van der Waals surface area contributed by atoms with E-state index in [1.165, 1.54) is 4.90 Å². The van der Waals surface area contributed by atoms with Gasteiger partial charge in [-0.2, -0.15) is 8.42 Å². The number of aliphatic hydroxyl groups excluding tert-OH is 1. The topological polar surface area (TPSA) is 198 Å². The molecule has 5 rings (SSSR count). The van der Waals surface area contributed by atoms with E-state index in [2.05, 4.69) is 20.9 Å². The molecule has 7 atom stereocenters. The van der Waals surface area contributed by atoms with Crippen LogP contribution in [-0.2, 0) is 24.5 Å². The summed E-state index contributed by atoms with van der Waals surface area (Å²) < 4.78 is 33.6. The summed E-state index contributed by atoms with van der Waals surface area (Å²) in [4.78, 5) is 58.3. The monoisotopic (exact) mass is 645 g/mol. The van der Waals surface area contributed by atoms with Gasteiger partial charge in [0.1, 0.15) is 17.8 Å². The fourth-order valence-electron chi connectivity index (χ4n) is 7.23. The van der Waals surface area contributed by atoms with Crippen LogP contribution in [0.5, 0.6) is 0 Å². The van der Waals surface area contributed by atoms with Crippen LogP contribution in [0.2, 0.25) is 0 Å². The lowest BCUT2D eigenvalue weighted by atomic mass is 9.91. The van der Waals surface area contributed by atoms with Gasteiger partial charge < -0.3 is 30.9 Å². The minimum Gasteiger partial charge on any atom is -0.374 e. The Labute approximate surface area is 262 Å². The SMILES string of the molecule is CC(C)C[C@H](NC(=O)c1cc2ccccc2[nH]1)C(=O)N1C[C@H]2[C@@H]([C@H]1C(=O)N[C@@H](C[C@@H]1CCCNC1=O)C(O)S(=O)(=O)O)C2(C)C. The zero-order chi connectivity index (χ0) is 32.8. The van der Waals surface area contributed by atoms with Gasteiger partial charge in [0, 0.05) is 29.9 Å². The van der Waals surface area contributed by atoms with Crippen molar-refractivity contribution in [3.05, 3.63) is 36.0 Å². The van der Waals surface area contributed by atoms with Crippen LogP contribution >= 0.6 is 0 Å². The lowest BCUT2D eigenvalue weighted by Gasteiger charge is -2.35. The minimum absolute atomic E-state index is 0.00428. The van der Waals surface area contributed by atoms with Crippen LogP contribution in [0.4, 0.5) is 0 Å². The molecule has 3 heterocycles. The number of fused-ring (bicyclic) bond motifs is 2. The molecule has 2 saturated heterocycles. The maximum atomic E-state index is 14.1. The zero-order valence-electron chi connectivity index (χ0n) is 25.9. The Bertz CT molecular complexity index is 1550. The lowest BCUT2D eigenvalue weighted by molar-refractivity contribution is -0.142. The number of H-pyrrole nitrogens is 1. The van der Waals surface area contributed by atoms with Crippen LogP contribution in [0.15, 0.2) is 30.3 Å². The Morgan fingerprint density at radius 1 is 1.16 bits per heavy atom. The van der Waals surface area contributed by atoms with Crippen molar-refractivity contribution < 1.29 is 37.3 Å². The van der Waals surface area contributed by atoms with Crippen molar-refractivity contribution in [1.82, 2.24) is 25.8 Å². The van der Waals surface area contributed by atoms with Gasteiger partial charge >= 0.3 is 0 Å². The minimum atomic E-state index is -4.99. The van der Waals surface area contributed by atoms with E-state index < -0.39 is 57.3 Å². The highest BCUT2D eigenvalue weighted by molar-refractivity contribution is 7.86. The summed E-state index contributed by atoms with van der Waals surface area (Å²) in [5.74, 6) is -2.81. The quantitative estimate of drug-likeness (QED) is 0.197. The van der Waals surface area contributed by atoms with E-state index in [9.17, 15) is 37.3 Å². The van der Waals surface area contributed by atoms with Crippen molar-refractivity contribution in [1.29, 1.82) is 0 Å². The first kappa shape index (κ1) is 32.9. The van der Waals surface area contributed by atoms with Crippen molar-refractivity contribution in [3.63, 3.8) is 0 Å². The number of rotatable bonds is 11. The van der Waals surface area contributed by atoms with Gasteiger partial charge in [0.25, 0.3) is 16.0 Å². The summed E-state index contributed by atoms with van der Waals surface area (Å²) in [6.45, 7) is 8.57. The second kappa shape index (κ2) is 12.4. The first-order chi connectivity index (χ1) is 21.1. The molecule has 1 aromatic carbocycles. The first-order valence-corrected chi connectivity index (χ1v) is 17.0. The maximum absolute atomic E-state index is 14.1. The van der Waals surface area contributed by atoms with Gasteiger partial charge in [-0.1, -0.05) is 45.9 Å². The molecule has 1 aromatic heterocycles. The number of carbonyl (C=O) groups is 4. The normalized spacial score (nSPS) is 26.1. The van der Waals surface area contributed by atoms with Gasteiger partial charge in [-0.3, -0.25) is 23.7 Å². The number of piperidine rings is 2. The summed E-state index contributed by atoms with van der Waals surface area (Å²) in [6.07, 6.45) is 1.17. The number of hydrogen-bond acceptors (Lipinski definition) is 7. The summed E-state index contributed by atoms with van der Waals surface area (Å²) >= 11 is 0. The van der Waals surface area contributed by atoms with Gasteiger partial charge in [0.15, 0.2) is 0 Å². The molecule has 0 radical (unpaired) electrons. The number of nitrogens with zero attached hydrogens (tertiary/aromatic N) is 1. The molecule has 2 aromatic rings. The largest absolute Gasteiger partial charge is 0.374 e. The molecular weight excluding hydrogens is 602 g/mol. The molecule has 1 unspecified atom stereocenters. The highest BCUT2D eigenvalue weighted by Crippen LogP contribution is 2.65. The van der Waals surface area contributed by atoms with Crippen molar-refractivity contribution in [2.45, 2.75) is 76.9 Å². The Morgan fingerprint density at radius 3 is 2.51 bits per heavy atom. The standard InChI is InChI=1S/C31H43N5O8S/c1-16(2)12-22(34-27(38)21-13-17-8-5-6-10-20(17)33-21)29(40)36-15-19-24(31(19,3)4)25(36)28(39)35-23(30(41)45(42,43)44)14-18-9-7-11-32-26(18)37/h5-6,8,10,13,16,18-19,22-25,30,33,41H,7,9,11-12,14-15H2,1-4H3,(H,32,37)(H,34,38)(H,35,39)(H,42,43,44)/t18-,19-,22-,23-,24-,25-,30?/m0/s1. The van der Waals surface area contributed by atoms with Crippen LogP contribution in [0, 0.1) is 29.1 Å². The van der Waals surface area contributed by atoms with E-state index in [1.54, 1.807) is 6.07 Å². The van der Waals surface area contributed by atoms with Gasteiger partial charge in [0.05, 0.1) is 6.04 Å². The van der Waals surface area contributed by atoms with Gasteiger partial charge in [0.2, 0.25) is 23.2 Å². The van der Waals surface area contributed by atoms with Crippen LogP contribution < -0.4 is 16.0 Å². The molecule has 14 heteroatoms. The lowest BCUT2D eigenvalue weighted by Crippen LogP contribution is -2.59. The average Bonchev–Trinajstić information content (AvgIpc) is 3.34. The molecule has 1 saturated carbocycles. The molecule has 4 amide bonds. The van der Waals surface area contributed by atoms with Crippen LogP contribution in [0.1, 0.15) is 63.9 Å². The third-order valence-corrected chi connectivity index (χ3v) is 10.7. The molecular formula is C31H43N5O8S. The predicted octanol–water partition coefficient (Wildman–Crippen LogP) is 1.40. The van der Waals surface area contributed by atoms with E-state index in [1.807, 2.05) is 52.0 Å².